The number of hydrogen-bond donors (Lipinski definition) is 5. The van der Waals surface area contributed by atoms with Crippen LogP contribution in [-0.4, -0.2) is 105 Å². The van der Waals surface area contributed by atoms with E-state index >= 15 is 0 Å². The van der Waals surface area contributed by atoms with Crippen LogP contribution < -0.4 is 22.5 Å². The van der Waals surface area contributed by atoms with E-state index in [4.69, 9.17) is 21.9 Å². The highest BCUT2D eigenvalue weighted by molar-refractivity contribution is 6.01. The van der Waals surface area contributed by atoms with Crippen molar-refractivity contribution in [3.63, 3.8) is 0 Å². The summed E-state index contributed by atoms with van der Waals surface area (Å²) < 4.78 is 5.45. The highest BCUT2D eigenvalue weighted by Crippen LogP contribution is 2.25. The standard InChI is InChI=1S/C35H46N8O10/c1-21(2)28(34(50)53-19-23-12-7-4-8-13-23)40-30(45)29(25(33(48)49)16-22-10-5-3-6-11-22)42(20-44)32(47)27-14-9-15-41(27)31(46)26(36)17-24(43(51)52)18-39-35(37)38/h3-8,10-13,20-21,24-29H,9,14-19,36H2,1-2H3,(H,40,45)(H,48,49)(H4,37,38,39)/t24?,25?,26-,27-,28-,29-/m0/s1. The summed E-state index contributed by atoms with van der Waals surface area (Å²) >= 11 is 0. The van der Waals surface area contributed by atoms with Crippen molar-refractivity contribution in [2.75, 3.05) is 13.1 Å². The van der Waals surface area contributed by atoms with Crippen LogP contribution in [0.5, 0.6) is 0 Å². The minimum atomic E-state index is -1.99. The number of carbonyl (C=O) groups is 6. The van der Waals surface area contributed by atoms with Crippen LogP contribution in [0, 0.1) is 22.0 Å². The van der Waals surface area contributed by atoms with E-state index in [1.807, 2.05) is 0 Å². The summed E-state index contributed by atoms with van der Waals surface area (Å²) in [5, 5.41) is 24.6. The highest BCUT2D eigenvalue weighted by Gasteiger charge is 2.47. The van der Waals surface area contributed by atoms with E-state index in [9.17, 15) is 44.0 Å². The third-order valence-electron chi connectivity index (χ3n) is 8.82. The molecule has 0 radical (unpaired) electrons. The maximum absolute atomic E-state index is 14.2. The lowest BCUT2D eigenvalue weighted by Crippen LogP contribution is -2.61. The summed E-state index contributed by atoms with van der Waals surface area (Å²) in [5.41, 5.74) is 17.8. The summed E-state index contributed by atoms with van der Waals surface area (Å²) in [6.45, 7) is 2.66. The van der Waals surface area contributed by atoms with Crippen LogP contribution >= 0.6 is 0 Å². The second-order valence-corrected chi connectivity index (χ2v) is 13.0. The fraction of sp³-hybridized carbons (Fsp3) is 0.457. The molecular formula is C35H46N8O10. The molecule has 6 atom stereocenters. The minimum absolute atomic E-state index is 0.0134. The van der Waals surface area contributed by atoms with E-state index in [0.717, 1.165) is 4.90 Å². The zero-order valence-corrected chi connectivity index (χ0v) is 29.5. The number of likely N-dealkylation sites (tertiary alicyclic amines) is 1. The van der Waals surface area contributed by atoms with Crippen LogP contribution in [-0.2, 0) is 46.5 Å². The molecule has 0 saturated carbocycles. The Balaban J connectivity index is 1.95. The number of guanidine groups is 1. The van der Waals surface area contributed by atoms with Crippen molar-refractivity contribution < 1.29 is 43.5 Å². The van der Waals surface area contributed by atoms with Crippen LogP contribution in [0.1, 0.15) is 44.2 Å². The van der Waals surface area contributed by atoms with Gasteiger partial charge in [-0.25, -0.2) is 9.79 Å². The van der Waals surface area contributed by atoms with Gasteiger partial charge in [0.1, 0.15) is 31.3 Å². The number of ether oxygens (including phenoxy) is 1. The number of nitro groups is 1. The molecule has 2 aromatic carbocycles. The number of amides is 4. The number of hydrogen-bond acceptors (Lipinski definition) is 11. The van der Waals surface area contributed by atoms with Crippen LogP contribution in [0.2, 0.25) is 0 Å². The number of carbonyl (C=O) groups excluding carboxylic acids is 5. The van der Waals surface area contributed by atoms with Gasteiger partial charge in [0.15, 0.2) is 5.96 Å². The molecule has 18 nitrogen and oxygen atoms in total. The average molecular weight is 739 g/mol. The maximum Gasteiger partial charge on any atom is 0.329 e. The zero-order valence-electron chi connectivity index (χ0n) is 29.5. The van der Waals surface area contributed by atoms with Gasteiger partial charge in [0, 0.05) is 17.9 Å². The molecule has 0 spiro atoms. The van der Waals surface area contributed by atoms with Crippen molar-refractivity contribution in [1.29, 1.82) is 0 Å². The van der Waals surface area contributed by atoms with Crippen molar-refractivity contribution in [2.45, 2.75) is 76.3 Å². The molecule has 0 aliphatic carbocycles. The average Bonchev–Trinajstić information content (AvgIpc) is 3.62. The molecule has 18 heteroatoms. The van der Waals surface area contributed by atoms with E-state index in [2.05, 4.69) is 10.3 Å². The van der Waals surface area contributed by atoms with Crippen LogP contribution in [0.25, 0.3) is 0 Å². The van der Waals surface area contributed by atoms with Gasteiger partial charge in [-0.1, -0.05) is 74.5 Å². The number of carboxylic acid groups (broad SMARTS) is 1. The molecule has 3 rings (SSSR count). The Morgan fingerprint density at radius 2 is 1.68 bits per heavy atom. The van der Waals surface area contributed by atoms with E-state index in [-0.39, 0.29) is 38.8 Å². The molecule has 1 fully saturated rings. The predicted molar refractivity (Wildman–Crippen MR) is 190 cm³/mol. The molecule has 1 aliphatic heterocycles. The molecule has 53 heavy (non-hydrogen) atoms. The fourth-order valence-corrected chi connectivity index (χ4v) is 6.02. The number of nitrogens with zero attached hydrogens (tertiary/aromatic N) is 4. The molecule has 2 unspecified atom stereocenters. The summed E-state index contributed by atoms with van der Waals surface area (Å²) in [6, 6.07) is 9.40. The number of rotatable bonds is 19. The highest BCUT2D eigenvalue weighted by atomic mass is 16.6. The Labute approximate surface area is 305 Å². The monoisotopic (exact) mass is 738 g/mol. The van der Waals surface area contributed by atoms with Crippen LogP contribution in [0.3, 0.4) is 0 Å². The number of nitrogens with two attached hydrogens (primary N) is 3. The number of aliphatic carboxylic acids is 1. The molecule has 4 amide bonds. The van der Waals surface area contributed by atoms with Gasteiger partial charge < -0.3 is 37.3 Å². The third kappa shape index (κ3) is 11.5. The lowest BCUT2D eigenvalue weighted by atomic mass is 9.89. The first-order valence-corrected chi connectivity index (χ1v) is 17.0. The van der Waals surface area contributed by atoms with Gasteiger partial charge in [0.05, 0.1) is 12.0 Å². The molecule has 0 aromatic heterocycles. The number of nitrogens with one attached hydrogen (secondary N) is 1. The molecule has 286 valence electrons. The SMILES string of the molecule is CC(C)[C@H](NC(=O)[C@H](C(Cc1ccccc1)C(=O)O)N(C=O)C(=O)[C@@H]1CCCN1C(=O)[C@@H](N)CC(CN=C(N)N)[N+](=O)[O-])C(=O)OCc1ccccc1. The van der Waals surface area contributed by atoms with Crippen LogP contribution in [0.15, 0.2) is 65.7 Å². The maximum atomic E-state index is 14.2. The van der Waals surface area contributed by atoms with E-state index in [1.54, 1.807) is 74.5 Å². The Bertz CT molecular complexity index is 1640. The summed E-state index contributed by atoms with van der Waals surface area (Å²) in [5.74, 6) is -8.06. The second kappa shape index (κ2) is 19.6. The number of esters is 1. The van der Waals surface area contributed by atoms with E-state index in [1.165, 1.54) is 0 Å². The third-order valence-corrected chi connectivity index (χ3v) is 8.82. The number of aliphatic imine (C=N–C) groups is 1. The lowest BCUT2D eigenvalue weighted by molar-refractivity contribution is -0.520. The minimum Gasteiger partial charge on any atom is -0.481 e. The summed E-state index contributed by atoms with van der Waals surface area (Å²) in [6.07, 6.45) is -0.491. The first-order valence-electron chi connectivity index (χ1n) is 17.0. The summed E-state index contributed by atoms with van der Waals surface area (Å²) in [7, 11) is 0. The van der Waals surface area contributed by atoms with Crippen molar-refractivity contribution in [3.8, 4) is 0 Å². The van der Waals surface area contributed by atoms with Crippen molar-refractivity contribution in [3.05, 3.63) is 81.9 Å². The van der Waals surface area contributed by atoms with Gasteiger partial charge in [-0.05, 0) is 36.3 Å². The smallest absolute Gasteiger partial charge is 0.329 e. The number of carboxylic acids is 1. The Hall–Kier alpha value is -5.91. The quantitative estimate of drug-likeness (QED) is 0.0312. The zero-order chi connectivity index (χ0) is 39.2. The second-order valence-electron chi connectivity index (χ2n) is 13.0. The van der Waals surface area contributed by atoms with Crippen molar-refractivity contribution in [1.82, 2.24) is 15.1 Å². The first kappa shape index (κ1) is 41.5. The van der Waals surface area contributed by atoms with Gasteiger partial charge in [-0.2, -0.15) is 0 Å². The Morgan fingerprint density at radius 1 is 1.08 bits per heavy atom. The molecule has 1 heterocycles. The van der Waals surface area contributed by atoms with Crippen LogP contribution in [0.4, 0.5) is 0 Å². The number of imide groups is 1. The van der Waals surface area contributed by atoms with Crippen molar-refractivity contribution in [2.24, 2.45) is 34.0 Å². The van der Waals surface area contributed by atoms with Gasteiger partial charge in [-0.3, -0.25) is 39.0 Å². The number of benzene rings is 2. The molecule has 1 aliphatic rings. The van der Waals surface area contributed by atoms with E-state index < -0.39 is 95.6 Å². The topological polar surface area (TPSA) is 284 Å². The van der Waals surface area contributed by atoms with Gasteiger partial charge in [0.25, 0.3) is 5.91 Å². The Kier molecular flexibility index (Phi) is 15.4. The van der Waals surface area contributed by atoms with E-state index in [0.29, 0.717) is 16.0 Å². The van der Waals surface area contributed by atoms with Gasteiger partial charge >= 0.3 is 11.9 Å². The molecule has 0 bridgehead atoms. The Morgan fingerprint density at radius 3 is 2.21 bits per heavy atom. The fourth-order valence-electron chi connectivity index (χ4n) is 6.02. The summed E-state index contributed by atoms with van der Waals surface area (Å²) in [4.78, 5) is 96.8. The lowest BCUT2D eigenvalue weighted by Gasteiger charge is -2.35. The largest absolute Gasteiger partial charge is 0.481 e. The molecular weight excluding hydrogens is 692 g/mol. The predicted octanol–water partition coefficient (Wildman–Crippen LogP) is -0.205. The molecule has 8 N–H and O–H groups in total. The van der Waals surface area contributed by atoms with Gasteiger partial charge in [0.2, 0.25) is 24.3 Å². The molecule has 2 aromatic rings. The molecule has 1 saturated heterocycles. The van der Waals surface area contributed by atoms with Crippen molar-refractivity contribution >= 4 is 42.0 Å². The van der Waals surface area contributed by atoms with Gasteiger partial charge in [-0.15, -0.1) is 0 Å². The first-order chi connectivity index (χ1) is 25.2. The normalized spacial score (nSPS) is 16.7.